The zero-order valence-corrected chi connectivity index (χ0v) is 17.8. The molecule has 4 rings (SSSR count). The lowest BCUT2D eigenvalue weighted by Crippen LogP contribution is -2.38. The van der Waals surface area contributed by atoms with E-state index in [9.17, 15) is 8.42 Å². The van der Waals surface area contributed by atoms with Gasteiger partial charge in [-0.15, -0.1) is 0 Å². The van der Waals surface area contributed by atoms with Crippen LogP contribution in [0.3, 0.4) is 0 Å². The molecule has 0 saturated carbocycles. The zero-order chi connectivity index (χ0) is 19.7. The Labute approximate surface area is 170 Å². The Hall–Kier alpha value is -1.96. The van der Waals surface area contributed by atoms with E-state index in [2.05, 4.69) is 15.7 Å². The van der Waals surface area contributed by atoms with Crippen LogP contribution >= 0.6 is 11.3 Å². The van der Waals surface area contributed by atoms with Crippen LogP contribution in [0, 0.1) is 19.8 Å². The Morgan fingerprint density at radius 1 is 1.11 bits per heavy atom. The highest BCUT2D eigenvalue weighted by Crippen LogP contribution is 2.31. The number of aryl methyl sites for hydroxylation is 2. The third-order valence-electron chi connectivity index (χ3n) is 5.52. The average molecular weight is 416 g/mol. The molecule has 28 heavy (non-hydrogen) atoms. The molecule has 1 aromatic heterocycles. The van der Waals surface area contributed by atoms with Gasteiger partial charge in [-0.1, -0.05) is 29.5 Å². The van der Waals surface area contributed by atoms with Crippen LogP contribution in [-0.2, 0) is 10.0 Å². The molecule has 0 atom stereocenters. The van der Waals surface area contributed by atoms with Crippen LogP contribution in [0.15, 0.2) is 47.4 Å². The molecule has 2 aromatic carbocycles. The minimum atomic E-state index is -3.46. The number of benzene rings is 2. The molecule has 148 valence electrons. The van der Waals surface area contributed by atoms with E-state index in [-0.39, 0.29) is 0 Å². The first-order valence-electron chi connectivity index (χ1n) is 9.60. The van der Waals surface area contributed by atoms with Gasteiger partial charge in [0, 0.05) is 19.6 Å². The van der Waals surface area contributed by atoms with Crippen LogP contribution in [0.5, 0.6) is 0 Å². The van der Waals surface area contributed by atoms with Crippen molar-refractivity contribution in [2.75, 3.05) is 24.5 Å². The number of rotatable bonds is 5. The minimum absolute atomic E-state index is 0.350. The Kier molecular flexibility index (Phi) is 5.40. The van der Waals surface area contributed by atoms with Crippen LogP contribution in [-0.4, -0.2) is 33.0 Å². The molecular formula is C21H25N3O2S2. The van der Waals surface area contributed by atoms with Crippen molar-refractivity contribution in [3.8, 4) is 0 Å². The molecule has 0 aliphatic carbocycles. The Morgan fingerprint density at radius 2 is 1.86 bits per heavy atom. The summed E-state index contributed by atoms with van der Waals surface area (Å²) < 4.78 is 29.2. The van der Waals surface area contributed by atoms with E-state index in [1.54, 1.807) is 23.5 Å². The summed E-state index contributed by atoms with van der Waals surface area (Å²) in [4.78, 5) is 7.40. The van der Waals surface area contributed by atoms with Gasteiger partial charge in [-0.05, 0) is 68.0 Å². The van der Waals surface area contributed by atoms with Crippen molar-refractivity contribution in [3.05, 3.63) is 53.6 Å². The van der Waals surface area contributed by atoms with E-state index in [1.165, 1.54) is 4.70 Å². The highest BCUT2D eigenvalue weighted by molar-refractivity contribution is 7.89. The zero-order valence-electron chi connectivity index (χ0n) is 16.2. The number of para-hydroxylation sites is 1. The van der Waals surface area contributed by atoms with Crippen LogP contribution in [0.4, 0.5) is 5.13 Å². The number of fused-ring (bicyclic) bond motifs is 1. The maximum Gasteiger partial charge on any atom is 0.240 e. The summed E-state index contributed by atoms with van der Waals surface area (Å²) in [5.41, 5.74) is 3.14. The summed E-state index contributed by atoms with van der Waals surface area (Å²) in [6, 6.07) is 13.5. The summed E-state index contributed by atoms with van der Waals surface area (Å²) in [6.07, 6.45) is 1.93. The standard InChI is InChI=1S/C21H25N3O2S2/c1-15-7-8-18(13-16(15)2)28(25,26)22-14-17-9-11-24(12-10-17)21-23-19-5-3-4-6-20(19)27-21/h3-8,13,17,22H,9-12,14H2,1-2H3. The van der Waals surface area contributed by atoms with Gasteiger partial charge in [0.15, 0.2) is 5.13 Å². The number of anilines is 1. The largest absolute Gasteiger partial charge is 0.348 e. The molecule has 2 heterocycles. The molecule has 1 saturated heterocycles. The third kappa shape index (κ3) is 4.06. The SMILES string of the molecule is Cc1ccc(S(=O)(=O)NCC2CCN(c3nc4ccccc4s3)CC2)cc1C. The van der Waals surface area contributed by atoms with Crippen molar-refractivity contribution in [2.24, 2.45) is 5.92 Å². The number of sulfonamides is 1. The van der Waals surface area contributed by atoms with Crippen molar-refractivity contribution in [3.63, 3.8) is 0 Å². The second kappa shape index (κ2) is 7.81. The van der Waals surface area contributed by atoms with E-state index in [0.29, 0.717) is 17.4 Å². The Balaban J connectivity index is 1.34. The predicted octanol–water partition coefficient (Wildman–Crippen LogP) is 4.11. The predicted molar refractivity (Wildman–Crippen MR) is 116 cm³/mol. The highest BCUT2D eigenvalue weighted by atomic mass is 32.2. The molecule has 0 bridgehead atoms. The van der Waals surface area contributed by atoms with Gasteiger partial charge in [-0.2, -0.15) is 0 Å². The molecule has 5 nitrogen and oxygen atoms in total. The second-order valence-corrected chi connectivity index (χ2v) is 10.3. The van der Waals surface area contributed by atoms with E-state index in [4.69, 9.17) is 4.98 Å². The Bertz CT molecular complexity index is 1050. The lowest BCUT2D eigenvalue weighted by atomic mass is 9.97. The Morgan fingerprint density at radius 3 is 2.57 bits per heavy atom. The topological polar surface area (TPSA) is 62.3 Å². The molecule has 1 aliphatic heterocycles. The van der Waals surface area contributed by atoms with Crippen molar-refractivity contribution >= 4 is 36.7 Å². The first kappa shape index (κ1) is 19.4. The number of nitrogens with zero attached hydrogens (tertiary/aromatic N) is 2. The summed E-state index contributed by atoms with van der Waals surface area (Å²) in [6.45, 7) is 6.24. The van der Waals surface area contributed by atoms with Crippen molar-refractivity contribution in [2.45, 2.75) is 31.6 Å². The maximum absolute atomic E-state index is 12.6. The lowest BCUT2D eigenvalue weighted by Gasteiger charge is -2.31. The third-order valence-corrected chi connectivity index (χ3v) is 8.04. The van der Waals surface area contributed by atoms with Gasteiger partial charge in [-0.3, -0.25) is 0 Å². The van der Waals surface area contributed by atoms with Crippen molar-refractivity contribution in [1.82, 2.24) is 9.71 Å². The second-order valence-electron chi connectivity index (χ2n) is 7.49. The molecule has 0 radical (unpaired) electrons. The normalized spacial score (nSPS) is 16.0. The van der Waals surface area contributed by atoms with Gasteiger partial charge >= 0.3 is 0 Å². The quantitative estimate of drug-likeness (QED) is 0.681. The molecule has 7 heteroatoms. The summed E-state index contributed by atoms with van der Waals surface area (Å²) >= 11 is 1.73. The molecule has 1 fully saturated rings. The summed E-state index contributed by atoms with van der Waals surface area (Å²) in [5.74, 6) is 0.354. The molecule has 0 spiro atoms. The fourth-order valence-electron chi connectivity index (χ4n) is 3.52. The molecular weight excluding hydrogens is 390 g/mol. The first-order valence-corrected chi connectivity index (χ1v) is 11.9. The number of nitrogens with one attached hydrogen (secondary N) is 1. The van der Waals surface area contributed by atoms with Gasteiger partial charge in [0.1, 0.15) is 0 Å². The van der Waals surface area contributed by atoms with Crippen molar-refractivity contribution in [1.29, 1.82) is 0 Å². The number of aromatic nitrogens is 1. The van der Waals surface area contributed by atoms with E-state index < -0.39 is 10.0 Å². The molecule has 3 aromatic rings. The maximum atomic E-state index is 12.6. The fraction of sp³-hybridized carbons (Fsp3) is 0.381. The van der Waals surface area contributed by atoms with Crippen LogP contribution in [0.2, 0.25) is 0 Å². The van der Waals surface area contributed by atoms with Gasteiger partial charge < -0.3 is 4.90 Å². The van der Waals surface area contributed by atoms with Crippen LogP contribution < -0.4 is 9.62 Å². The van der Waals surface area contributed by atoms with Crippen molar-refractivity contribution < 1.29 is 8.42 Å². The van der Waals surface area contributed by atoms with Gasteiger partial charge in [0.05, 0.1) is 15.1 Å². The first-order chi connectivity index (χ1) is 13.4. The summed E-state index contributed by atoms with van der Waals surface area (Å²) in [5, 5.41) is 1.07. The van der Waals surface area contributed by atoms with E-state index in [0.717, 1.165) is 47.7 Å². The lowest BCUT2D eigenvalue weighted by molar-refractivity contribution is 0.402. The monoisotopic (exact) mass is 415 g/mol. The molecule has 0 amide bonds. The van der Waals surface area contributed by atoms with E-state index in [1.807, 2.05) is 38.1 Å². The van der Waals surface area contributed by atoms with Crippen LogP contribution in [0.25, 0.3) is 10.2 Å². The molecule has 1 aliphatic rings. The van der Waals surface area contributed by atoms with Gasteiger partial charge in [0.2, 0.25) is 10.0 Å². The average Bonchev–Trinajstić information content (AvgIpc) is 3.13. The smallest absolute Gasteiger partial charge is 0.240 e. The van der Waals surface area contributed by atoms with Crippen LogP contribution in [0.1, 0.15) is 24.0 Å². The fourth-order valence-corrected chi connectivity index (χ4v) is 5.73. The van der Waals surface area contributed by atoms with Gasteiger partial charge in [-0.25, -0.2) is 18.1 Å². The number of piperidine rings is 1. The number of hydrogen-bond donors (Lipinski definition) is 1. The van der Waals surface area contributed by atoms with E-state index >= 15 is 0 Å². The number of thiazole rings is 1. The molecule has 0 unspecified atom stereocenters. The molecule has 1 N–H and O–H groups in total. The minimum Gasteiger partial charge on any atom is -0.348 e. The number of hydrogen-bond acceptors (Lipinski definition) is 5. The summed E-state index contributed by atoms with van der Waals surface area (Å²) in [7, 11) is -3.46. The van der Waals surface area contributed by atoms with Gasteiger partial charge in [0.25, 0.3) is 0 Å². The highest BCUT2D eigenvalue weighted by Gasteiger charge is 2.23.